The van der Waals surface area contributed by atoms with Crippen molar-refractivity contribution in [2.75, 3.05) is 26.2 Å². The van der Waals surface area contributed by atoms with Gasteiger partial charge in [-0.25, -0.2) is 4.98 Å². The third-order valence-corrected chi connectivity index (χ3v) is 5.61. The fourth-order valence-electron chi connectivity index (χ4n) is 4.40. The number of halogens is 1. The van der Waals surface area contributed by atoms with E-state index in [4.69, 9.17) is 0 Å². The minimum Gasteiger partial charge on any atom is -0.335 e. The highest BCUT2D eigenvalue weighted by atomic mass is 19.1. The molecular weight excluding hydrogens is 319 g/mol. The number of nitrogens with zero attached hydrogens (tertiary/aromatic N) is 4. The van der Waals surface area contributed by atoms with Gasteiger partial charge in [-0.3, -0.25) is 14.1 Å². The van der Waals surface area contributed by atoms with E-state index >= 15 is 0 Å². The number of fused-ring (bicyclic) bond motifs is 5. The van der Waals surface area contributed by atoms with Crippen molar-refractivity contribution in [3.05, 3.63) is 35.5 Å². The van der Waals surface area contributed by atoms with Crippen LogP contribution in [-0.2, 0) is 0 Å². The number of aryl methyl sites for hydroxylation is 1. The Labute approximate surface area is 147 Å². The molecule has 25 heavy (non-hydrogen) atoms. The summed E-state index contributed by atoms with van der Waals surface area (Å²) in [4.78, 5) is 21.7. The fraction of sp³-hybridized carbons (Fsp3) is 0.579. The quantitative estimate of drug-likeness (QED) is 0.860. The third-order valence-electron chi connectivity index (χ3n) is 5.61. The molecule has 2 aromatic heterocycles. The highest BCUT2D eigenvalue weighted by Gasteiger charge is 2.37. The number of piperidine rings is 1. The molecule has 3 aliphatic heterocycles. The number of carbonyl (C=O) groups excluding carboxylic acids is 1. The second-order valence-electron chi connectivity index (χ2n) is 7.41. The van der Waals surface area contributed by atoms with Gasteiger partial charge in [0.25, 0.3) is 5.91 Å². The van der Waals surface area contributed by atoms with E-state index in [1.54, 1.807) is 6.07 Å². The summed E-state index contributed by atoms with van der Waals surface area (Å²) in [6.45, 7) is 7.53. The van der Waals surface area contributed by atoms with Crippen molar-refractivity contribution in [1.82, 2.24) is 19.2 Å². The molecule has 0 radical (unpaired) electrons. The topological polar surface area (TPSA) is 40.8 Å². The number of imidazole rings is 1. The van der Waals surface area contributed by atoms with E-state index < -0.39 is 5.95 Å². The summed E-state index contributed by atoms with van der Waals surface area (Å²) in [5.74, 6) is -0.327. The van der Waals surface area contributed by atoms with E-state index in [9.17, 15) is 9.18 Å². The first kappa shape index (κ1) is 16.5. The monoisotopic (exact) mass is 344 g/mol. The van der Waals surface area contributed by atoms with Gasteiger partial charge in [-0.05, 0) is 50.8 Å². The lowest BCUT2D eigenvalue weighted by Crippen LogP contribution is -2.44. The molecule has 2 bridgehead atoms. The van der Waals surface area contributed by atoms with Gasteiger partial charge in [-0.2, -0.15) is 4.39 Å². The maximum atomic E-state index is 14.8. The van der Waals surface area contributed by atoms with Crippen molar-refractivity contribution in [2.45, 2.75) is 39.2 Å². The van der Waals surface area contributed by atoms with Gasteiger partial charge in [0.1, 0.15) is 5.65 Å². The Morgan fingerprint density at radius 1 is 1.28 bits per heavy atom. The summed E-state index contributed by atoms with van der Waals surface area (Å²) in [7, 11) is 0. The Kier molecular flexibility index (Phi) is 4.23. The van der Waals surface area contributed by atoms with Gasteiger partial charge < -0.3 is 4.90 Å². The van der Waals surface area contributed by atoms with Gasteiger partial charge in [0, 0.05) is 31.4 Å². The van der Waals surface area contributed by atoms with Crippen LogP contribution in [0.3, 0.4) is 0 Å². The van der Waals surface area contributed by atoms with Gasteiger partial charge >= 0.3 is 0 Å². The minimum atomic E-state index is -0.542. The zero-order chi connectivity index (χ0) is 17.6. The molecule has 0 N–H and O–H groups in total. The molecular formula is C19H25FN4O. The van der Waals surface area contributed by atoms with Gasteiger partial charge in [0.2, 0.25) is 5.95 Å². The zero-order valence-electron chi connectivity index (χ0n) is 14.9. The number of amides is 1. The molecule has 0 saturated carbocycles. The highest BCUT2D eigenvalue weighted by Crippen LogP contribution is 2.29. The molecule has 0 spiro atoms. The third kappa shape index (κ3) is 2.82. The van der Waals surface area contributed by atoms with Crippen LogP contribution in [0.15, 0.2) is 18.2 Å². The number of hydrogen-bond donors (Lipinski definition) is 0. The van der Waals surface area contributed by atoms with Gasteiger partial charge in [0.05, 0.1) is 0 Å². The smallest absolute Gasteiger partial charge is 0.277 e. The van der Waals surface area contributed by atoms with Crippen LogP contribution in [0, 0.1) is 18.8 Å². The summed E-state index contributed by atoms with van der Waals surface area (Å²) in [5, 5.41) is 0. The fourth-order valence-corrected chi connectivity index (χ4v) is 4.40. The van der Waals surface area contributed by atoms with Gasteiger partial charge in [0.15, 0.2) is 5.69 Å². The molecule has 3 saturated heterocycles. The normalized spacial score (nSPS) is 24.0. The van der Waals surface area contributed by atoms with Crippen molar-refractivity contribution < 1.29 is 9.18 Å². The summed E-state index contributed by atoms with van der Waals surface area (Å²) in [6, 6.07) is 5.78. The molecule has 2 atom stereocenters. The summed E-state index contributed by atoms with van der Waals surface area (Å²) < 4.78 is 16.3. The van der Waals surface area contributed by atoms with Crippen LogP contribution in [0.5, 0.6) is 0 Å². The van der Waals surface area contributed by atoms with Crippen molar-refractivity contribution in [1.29, 1.82) is 0 Å². The molecule has 5 nitrogen and oxygen atoms in total. The van der Waals surface area contributed by atoms with Crippen LogP contribution < -0.4 is 0 Å². The number of rotatable bonds is 3. The number of aromatic nitrogens is 2. The van der Waals surface area contributed by atoms with Crippen molar-refractivity contribution in [2.24, 2.45) is 5.92 Å². The van der Waals surface area contributed by atoms with Crippen molar-refractivity contribution >= 4 is 11.6 Å². The lowest BCUT2D eigenvalue weighted by molar-refractivity contribution is 0.0727. The predicted molar refractivity (Wildman–Crippen MR) is 94.2 cm³/mol. The Hall–Kier alpha value is -1.95. The first-order valence-corrected chi connectivity index (χ1v) is 9.25. The standard InChI is InChI=1S/C19H25FN4O/c1-3-9-22-10-14-7-8-15(22)12-23(11-14)19(25)17-18(20)24-13(2)5-4-6-16(24)21-17/h4-6,14-15H,3,7-12H2,1-2H3/t14-,15-/m1/s1. The van der Waals surface area contributed by atoms with E-state index in [2.05, 4.69) is 16.8 Å². The Morgan fingerprint density at radius 2 is 2.12 bits per heavy atom. The van der Waals surface area contributed by atoms with Crippen molar-refractivity contribution in [3.63, 3.8) is 0 Å². The van der Waals surface area contributed by atoms with E-state index in [1.807, 2.05) is 24.0 Å². The Bertz CT molecular complexity index is 802. The van der Waals surface area contributed by atoms with E-state index in [1.165, 1.54) is 4.40 Å². The zero-order valence-corrected chi connectivity index (χ0v) is 14.9. The maximum Gasteiger partial charge on any atom is 0.277 e. The lowest BCUT2D eigenvalue weighted by Gasteiger charge is -2.35. The minimum absolute atomic E-state index is 0.0439. The van der Waals surface area contributed by atoms with Crippen LogP contribution in [0.4, 0.5) is 4.39 Å². The first-order chi connectivity index (χ1) is 12.1. The number of hydrogen-bond acceptors (Lipinski definition) is 3. The average molecular weight is 344 g/mol. The second kappa shape index (κ2) is 6.41. The summed E-state index contributed by atoms with van der Waals surface area (Å²) in [6.07, 6.45) is 3.40. The molecule has 0 aromatic carbocycles. The first-order valence-electron chi connectivity index (χ1n) is 9.25. The second-order valence-corrected chi connectivity index (χ2v) is 7.41. The van der Waals surface area contributed by atoms with E-state index in [0.29, 0.717) is 30.7 Å². The van der Waals surface area contributed by atoms with Crippen LogP contribution in [-0.4, -0.2) is 57.3 Å². The van der Waals surface area contributed by atoms with Crippen LogP contribution in [0.1, 0.15) is 42.4 Å². The van der Waals surface area contributed by atoms with Gasteiger partial charge in [-0.1, -0.05) is 13.0 Å². The summed E-state index contributed by atoms with van der Waals surface area (Å²) >= 11 is 0. The predicted octanol–water partition coefficient (Wildman–Crippen LogP) is 2.73. The van der Waals surface area contributed by atoms with E-state index in [-0.39, 0.29) is 11.6 Å². The number of pyridine rings is 1. The molecule has 134 valence electrons. The lowest BCUT2D eigenvalue weighted by atomic mass is 9.95. The molecule has 3 aliphatic rings. The Morgan fingerprint density at radius 3 is 2.88 bits per heavy atom. The Balaban J connectivity index is 1.63. The molecule has 2 aromatic rings. The molecule has 3 fully saturated rings. The molecule has 0 aliphatic carbocycles. The van der Waals surface area contributed by atoms with Crippen molar-refractivity contribution in [3.8, 4) is 0 Å². The molecule has 0 unspecified atom stereocenters. The van der Waals surface area contributed by atoms with Crippen LogP contribution in [0.2, 0.25) is 0 Å². The highest BCUT2D eigenvalue weighted by molar-refractivity contribution is 5.93. The molecule has 5 heterocycles. The SMILES string of the molecule is CCCN1C[C@H]2CC[C@@H]1CN(C(=O)c1nc3cccc(C)n3c1F)C2. The van der Waals surface area contributed by atoms with Crippen LogP contribution >= 0.6 is 0 Å². The number of carbonyl (C=O) groups is 1. The molecule has 6 heteroatoms. The van der Waals surface area contributed by atoms with Gasteiger partial charge in [-0.15, -0.1) is 0 Å². The van der Waals surface area contributed by atoms with E-state index in [0.717, 1.165) is 38.0 Å². The average Bonchev–Trinajstić information content (AvgIpc) is 2.74. The molecule has 1 amide bonds. The van der Waals surface area contributed by atoms with Crippen LogP contribution in [0.25, 0.3) is 5.65 Å². The molecule has 5 rings (SSSR count). The maximum absolute atomic E-state index is 14.8. The largest absolute Gasteiger partial charge is 0.335 e. The summed E-state index contributed by atoms with van der Waals surface area (Å²) in [5.41, 5.74) is 1.19.